The van der Waals surface area contributed by atoms with Crippen LogP contribution in [0, 0.1) is 11.6 Å². The second kappa shape index (κ2) is 6.25. The first-order valence-electron chi connectivity index (χ1n) is 6.20. The molecule has 0 aromatic heterocycles. The summed E-state index contributed by atoms with van der Waals surface area (Å²) in [6, 6.07) is 5.95. The lowest BCUT2D eigenvalue weighted by atomic mass is 10.1. The Hall–Kier alpha value is -2.00. The van der Waals surface area contributed by atoms with Crippen LogP contribution in [-0.4, -0.2) is 8.42 Å². The Kier molecular flexibility index (Phi) is 4.71. The number of alkyl halides is 3. The number of halogens is 5. The van der Waals surface area contributed by atoms with Crippen LogP contribution in [0.15, 0.2) is 47.4 Å². The predicted octanol–water partition coefficient (Wildman–Crippen LogP) is 3.46. The molecule has 0 atom stereocenters. The molecule has 1 N–H and O–H groups in total. The molecule has 0 aliphatic rings. The quantitative estimate of drug-likeness (QED) is 0.858. The first-order chi connectivity index (χ1) is 10.6. The molecule has 124 valence electrons. The average molecular weight is 351 g/mol. The summed E-state index contributed by atoms with van der Waals surface area (Å²) >= 11 is 0. The standard InChI is InChI=1S/C14H10F5NO2S/c15-12-6-5-11(7-13(12)16)23(21,22)20-8-9-1-3-10(4-2-9)14(17,18)19/h1-7,20H,8H2. The van der Waals surface area contributed by atoms with Gasteiger partial charge in [0.25, 0.3) is 0 Å². The summed E-state index contributed by atoms with van der Waals surface area (Å²) in [6.45, 7) is -0.292. The summed E-state index contributed by atoms with van der Waals surface area (Å²) in [5, 5.41) is 0. The van der Waals surface area contributed by atoms with Crippen LogP contribution in [0.5, 0.6) is 0 Å². The summed E-state index contributed by atoms with van der Waals surface area (Å²) in [6.07, 6.45) is -4.48. The van der Waals surface area contributed by atoms with Crippen molar-refractivity contribution in [2.24, 2.45) is 0 Å². The largest absolute Gasteiger partial charge is 0.416 e. The number of hydrogen-bond acceptors (Lipinski definition) is 2. The van der Waals surface area contributed by atoms with Crippen molar-refractivity contribution in [1.82, 2.24) is 4.72 Å². The molecule has 0 fully saturated rings. The zero-order valence-corrected chi connectivity index (χ0v) is 12.2. The van der Waals surface area contributed by atoms with Gasteiger partial charge in [0.2, 0.25) is 10.0 Å². The molecule has 0 amide bonds. The van der Waals surface area contributed by atoms with E-state index < -0.39 is 38.3 Å². The van der Waals surface area contributed by atoms with Gasteiger partial charge in [-0.1, -0.05) is 12.1 Å². The van der Waals surface area contributed by atoms with Crippen LogP contribution in [0.2, 0.25) is 0 Å². The van der Waals surface area contributed by atoms with E-state index in [2.05, 4.69) is 4.72 Å². The van der Waals surface area contributed by atoms with Crippen molar-refractivity contribution in [1.29, 1.82) is 0 Å². The van der Waals surface area contributed by atoms with E-state index in [1.54, 1.807) is 0 Å². The fourth-order valence-electron chi connectivity index (χ4n) is 1.72. The zero-order valence-electron chi connectivity index (χ0n) is 11.4. The van der Waals surface area contributed by atoms with Gasteiger partial charge < -0.3 is 0 Å². The van der Waals surface area contributed by atoms with Gasteiger partial charge in [-0.25, -0.2) is 21.9 Å². The molecular weight excluding hydrogens is 341 g/mol. The molecule has 0 aliphatic heterocycles. The van der Waals surface area contributed by atoms with Gasteiger partial charge >= 0.3 is 6.18 Å². The van der Waals surface area contributed by atoms with Crippen molar-refractivity contribution in [2.45, 2.75) is 17.6 Å². The molecule has 0 aliphatic carbocycles. The van der Waals surface area contributed by atoms with Crippen LogP contribution < -0.4 is 4.72 Å². The second-order valence-electron chi connectivity index (χ2n) is 4.60. The average Bonchev–Trinajstić information content (AvgIpc) is 2.47. The minimum atomic E-state index is -4.48. The highest BCUT2D eigenvalue weighted by atomic mass is 32.2. The molecule has 2 aromatic carbocycles. The highest BCUT2D eigenvalue weighted by Gasteiger charge is 2.29. The summed E-state index contributed by atoms with van der Waals surface area (Å²) in [5.41, 5.74) is -0.575. The predicted molar refractivity (Wildman–Crippen MR) is 71.8 cm³/mol. The van der Waals surface area contributed by atoms with Crippen LogP contribution in [-0.2, 0) is 22.7 Å². The van der Waals surface area contributed by atoms with Crippen molar-refractivity contribution in [2.75, 3.05) is 0 Å². The first kappa shape index (κ1) is 17.4. The zero-order chi connectivity index (χ0) is 17.3. The Morgan fingerprint density at radius 1 is 0.913 bits per heavy atom. The van der Waals surface area contributed by atoms with Gasteiger partial charge in [0.1, 0.15) is 0 Å². The van der Waals surface area contributed by atoms with Gasteiger partial charge in [0, 0.05) is 6.54 Å². The van der Waals surface area contributed by atoms with E-state index in [-0.39, 0.29) is 12.1 Å². The topological polar surface area (TPSA) is 46.2 Å². The van der Waals surface area contributed by atoms with Crippen LogP contribution >= 0.6 is 0 Å². The van der Waals surface area contributed by atoms with Crippen LogP contribution in [0.1, 0.15) is 11.1 Å². The molecule has 0 radical (unpaired) electrons. The minimum Gasteiger partial charge on any atom is -0.207 e. The second-order valence-corrected chi connectivity index (χ2v) is 6.36. The SMILES string of the molecule is O=S(=O)(NCc1ccc(C(F)(F)F)cc1)c1ccc(F)c(F)c1. The van der Waals surface area contributed by atoms with E-state index in [9.17, 15) is 30.4 Å². The molecule has 3 nitrogen and oxygen atoms in total. The third-order valence-electron chi connectivity index (χ3n) is 2.95. The van der Waals surface area contributed by atoms with Gasteiger partial charge in [-0.2, -0.15) is 13.2 Å². The maximum Gasteiger partial charge on any atom is 0.416 e. The molecule has 0 saturated heterocycles. The normalized spacial score (nSPS) is 12.4. The lowest BCUT2D eigenvalue weighted by molar-refractivity contribution is -0.137. The highest BCUT2D eigenvalue weighted by Crippen LogP contribution is 2.29. The molecule has 0 bridgehead atoms. The lowest BCUT2D eigenvalue weighted by Gasteiger charge is -2.09. The smallest absolute Gasteiger partial charge is 0.207 e. The monoisotopic (exact) mass is 351 g/mol. The molecule has 0 unspecified atom stereocenters. The molecule has 0 saturated carbocycles. The molecule has 2 aromatic rings. The van der Waals surface area contributed by atoms with Gasteiger partial charge in [0.05, 0.1) is 10.5 Å². The van der Waals surface area contributed by atoms with Gasteiger partial charge in [-0.15, -0.1) is 0 Å². The third-order valence-corrected chi connectivity index (χ3v) is 4.35. The van der Waals surface area contributed by atoms with E-state index in [4.69, 9.17) is 0 Å². The molecule has 2 rings (SSSR count). The minimum absolute atomic E-state index is 0.282. The van der Waals surface area contributed by atoms with Gasteiger partial charge in [0.15, 0.2) is 11.6 Å². The van der Waals surface area contributed by atoms with Crippen molar-refractivity contribution in [3.63, 3.8) is 0 Å². The van der Waals surface area contributed by atoms with E-state index in [1.807, 2.05) is 0 Å². The third kappa shape index (κ3) is 4.26. The Bertz CT molecular complexity index is 801. The van der Waals surface area contributed by atoms with Crippen molar-refractivity contribution in [3.8, 4) is 0 Å². The van der Waals surface area contributed by atoms with Crippen molar-refractivity contribution in [3.05, 3.63) is 65.2 Å². The molecule has 23 heavy (non-hydrogen) atoms. The number of rotatable bonds is 4. The summed E-state index contributed by atoms with van der Waals surface area (Å²) in [5.74, 6) is -2.51. The van der Waals surface area contributed by atoms with E-state index in [0.717, 1.165) is 30.3 Å². The van der Waals surface area contributed by atoms with Crippen LogP contribution in [0.25, 0.3) is 0 Å². The van der Waals surface area contributed by atoms with Crippen LogP contribution in [0.4, 0.5) is 22.0 Å². The Morgan fingerprint density at radius 2 is 1.52 bits per heavy atom. The number of sulfonamides is 1. The number of hydrogen-bond donors (Lipinski definition) is 1. The summed E-state index contributed by atoms with van der Waals surface area (Å²) < 4.78 is 89.0. The number of benzene rings is 2. The maximum atomic E-state index is 13.1. The Balaban J connectivity index is 2.11. The van der Waals surface area contributed by atoms with E-state index in [0.29, 0.717) is 12.1 Å². The Morgan fingerprint density at radius 3 is 2.04 bits per heavy atom. The number of nitrogens with one attached hydrogen (secondary N) is 1. The Labute approximate surface area is 128 Å². The van der Waals surface area contributed by atoms with E-state index in [1.165, 1.54) is 0 Å². The van der Waals surface area contributed by atoms with Crippen LogP contribution in [0.3, 0.4) is 0 Å². The van der Waals surface area contributed by atoms with E-state index >= 15 is 0 Å². The lowest BCUT2D eigenvalue weighted by Crippen LogP contribution is -2.23. The summed E-state index contributed by atoms with van der Waals surface area (Å²) in [4.78, 5) is -0.483. The first-order valence-corrected chi connectivity index (χ1v) is 7.69. The fraction of sp³-hybridized carbons (Fsp3) is 0.143. The van der Waals surface area contributed by atoms with Crippen molar-refractivity contribution >= 4 is 10.0 Å². The summed E-state index contributed by atoms with van der Waals surface area (Å²) in [7, 11) is -4.12. The molecule has 0 spiro atoms. The van der Waals surface area contributed by atoms with Gasteiger partial charge in [-0.3, -0.25) is 0 Å². The molecule has 0 heterocycles. The van der Waals surface area contributed by atoms with Crippen molar-refractivity contribution < 1.29 is 30.4 Å². The molecular formula is C14H10F5NO2S. The van der Waals surface area contributed by atoms with Gasteiger partial charge in [-0.05, 0) is 35.9 Å². The maximum absolute atomic E-state index is 13.1. The highest BCUT2D eigenvalue weighted by molar-refractivity contribution is 7.89. The molecule has 9 heteroatoms. The fourth-order valence-corrected chi connectivity index (χ4v) is 2.75.